The smallest absolute Gasteiger partial charge is 0.203 e. The van der Waals surface area contributed by atoms with Gasteiger partial charge in [0.1, 0.15) is 5.92 Å². The van der Waals surface area contributed by atoms with Crippen LogP contribution in [0.5, 0.6) is 0 Å². The molecular weight excluding hydrogens is 393 g/mol. The molecule has 0 aromatic heterocycles. The molecule has 0 spiro atoms. The summed E-state index contributed by atoms with van der Waals surface area (Å²) in [5, 5.41) is 0. The molecule has 24 heavy (non-hydrogen) atoms. The first-order valence-electron chi connectivity index (χ1n) is 5.34. The number of rotatable bonds is 6. The molecule has 0 heterocycles. The largest absolute Gasteiger partial charge is 0.397 e. The average Bonchev–Trinajstić information content (AvgIpc) is 2.35. The minimum Gasteiger partial charge on any atom is -0.203 e. The number of hydrogen-bond acceptors (Lipinski definition) is 0. The van der Waals surface area contributed by atoms with Crippen molar-refractivity contribution in [2.24, 2.45) is 5.92 Å². The van der Waals surface area contributed by atoms with E-state index in [4.69, 9.17) is 0 Å². The van der Waals surface area contributed by atoms with Crippen LogP contribution in [0.4, 0.5) is 65.9 Å². The quantitative estimate of drug-likeness (QED) is 0.509. The van der Waals surface area contributed by atoms with Crippen molar-refractivity contribution in [3.05, 3.63) is 0 Å². The molecule has 0 aliphatic carbocycles. The molecule has 15 heteroatoms. The van der Waals surface area contributed by atoms with Gasteiger partial charge in [-0.1, -0.05) is 0 Å². The van der Waals surface area contributed by atoms with E-state index in [9.17, 15) is 65.9 Å². The topological polar surface area (TPSA) is 0 Å². The Morgan fingerprint density at radius 1 is 0.500 bits per heavy atom. The first kappa shape index (κ1) is 22.9. The van der Waals surface area contributed by atoms with Crippen molar-refractivity contribution < 1.29 is 65.9 Å². The van der Waals surface area contributed by atoms with Gasteiger partial charge in [-0.2, -0.15) is 57.1 Å². The highest BCUT2D eigenvalue weighted by atomic mass is 19.4. The third-order valence-corrected chi connectivity index (χ3v) is 2.93. The van der Waals surface area contributed by atoms with Crippen LogP contribution in [0.3, 0.4) is 0 Å². The predicted molar refractivity (Wildman–Crippen MR) is 46.0 cm³/mol. The molecule has 1 unspecified atom stereocenters. The lowest BCUT2D eigenvalue weighted by Gasteiger charge is -2.41. The average molecular weight is 398 g/mol. The molecule has 0 aliphatic rings. The summed E-state index contributed by atoms with van der Waals surface area (Å²) >= 11 is 0. The Hall–Kier alpha value is -1.05. The lowest BCUT2D eigenvalue weighted by molar-refractivity contribution is -0.425. The Morgan fingerprint density at radius 2 is 0.792 bits per heavy atom. The van der Waals surface area contributed by atoms with Gasteiger partial charge in [0.2, 0.25) is 0 Å². The summed E-state index contributed by atoms with van der Waals surface area (Å²) in [5.74, 6) is -42.5. The summed E-state index contributed by atoms with van der Waals surface area (Å²) in [6, 6.07) is 0. The zero-order valence-corrected chi connectivity index (χ0v) is 10.8. The van der Waals surface area contributed by atoms with E-state index in [0.29, 0.717) is 0 Å². The lowest BCUT2D eigenvalue weighted by Crippen LogP contribution is -2.70. The maximum absolute atomic E-state index is 13.0. The summed E-state index contributed by atoms with van der Waals surface area (Å²) in [5.41, 5.74) is 0. The molecular formula is C9H5F15. The Labute approximate surface area is 122 Å². The summed E-state index contributed by atoms with van der Waals surface area (Å²) in [6.07, 6.45) is -12.0. The second kappa shape index (κ2) is 5.75. The van der Waals surface area contributed by atoms with Crippen molar-refractivity contribution in [1.82, 2.24) is 0 Å². The van der Waals surface area contributed by atoms with E-state index >= 15 is 0 Å². The molecule has 0 aromatic carbocycles. The van der Waals surface area contributed by atoms with E-state index < -0.39 is 55.1 Å². The molecule has 0 rings (SSSR count). The maximum atomic E-state index is 13.0. The third-order valence-electron chi connectivity index (χ3n) is 2.93. The van der Waals surface area contributed by atoms with Crippen LogP contribution in [-0.4, -0.2) is 42.2 Å². The van der Waals surface area contributed by atoms with Crippen molar-refractivity contribution in [1.29, 1.82) is 0 Å². The highest BCUT2D eigenvalue weighted by Gasteiger charge is 2.89. The fourth-order valence-electron chi connectivity index (χ4n) is 1.23. The van der Waals surface area contributed by atoms with Gasteiger partial charge in [0.25, 0.3) is 0 Å². The fourth-order valence-corrected chi connectivity index (χ4v) is 1.23. The van der Waals surface area contributed by atoms with Crippen LogP contribution in [0.15, 0.2) is 0 Å². The standard InChI is InChI=1S/C9H5F15/c1-2(6(16,17)18)4(12,13)7(19,20)9(23,24)8(21,22)5(14,15)3(10)11/h2-3H,1H3. The molecule has 146 valence electrons. The minimum atomic E-state index is -7.96. The van der Waals surface area contributed by atoms with Crippen LogP contribution < -0.4 is 0 Å². The van der Waals surface area contributed by atoms with Crippen molar-refractivity contribution in [3.63, 3.8) is 0 Å². The molecule has 0 aliphatic heterocycles. The van der Waals surface area contributed by atoms with E-state index in [1.54, 1.807) is 0 Å². The van der Waals surface area contributed by atoms with Crippen LogP contribution in [0.1, 0.15) is 6.92 Å². The van der Waals surface area contributed by atoms with Gasteiger partial charge < -0.3 is 0 Å². The molecule has 1 atom stereocenters. The summed E-state index contributed by atoms with van der Waals surface area (Å²) in [6.45, 7) is -0.812. The van der Waals surface area contributed by atoms with Crippen molar-refractivity contribution >= 4 is 0 Å². The molecule has 0 fully saturated rings. The molecule has 0 aromatic rings. The second-order valence-electron chi connectivity index (χ2n) is 4.53. The van der Waals surface area contributed by atoms with Gasteiger partial charge >= 0.3 is 42.2 Å². The molecule has 0 nitrogen and oxygen atoms in total. The highest BCUT2D eigenvalue weighted by Crippen LogP contribution is 2.60. The van der Waals surface area contributed by atoms with Crippen LogP contribution in [-0.2, 0) is 0 Å². The van der Waals surface area contributed by atoms with Crippen LogP contribution >= 0.6 is 0 Å². The first-order chi connectivity index (χ1) is 10.1. The molecule has 0 saturated carbocycles. The van der Waals surface area contributed by atoms with Crippen molar-refractivity contribution in [2.45, 2.75) is 49.1 Å². The molecule has 0 N–H and O–H groups in total. The van der Waals surface area contributed by atoms with Crippen molar-refractivity contribution in [3.8, 4) is 0 Å². The monoisotopic (exact) mass is 398 g/mol. The third kappa shape index (κ3) is 2.97. The van der Waals surface area contributed by atoms with Gasteiger partial charge in [0, 0.05) is 0 Å². The van der Waals surface area contributed by atoms with Gasteiger partial charge in [0.15, 0.2) is 0 Å². The summed E-state index contributed by atoms with van der Waals surface area (Å²) in [7, 11) is 0. The van der Waals surface area contributed by atoms with Crippen molar-refractivity contribution in [2.75, 3.05) is 0 Å². The zero-order valence-electron chi connectivity index (χ0n) is 10.8. The Bertz CT molecular complexity index is 444. The number of hydrogen-bond donors (Lipinski definition) is 0. The molecule has 0 radical (unpaired) electrons. The fraction of sp³-hybridized carbons (Fsp3) is 1.00. The SMILES string of the molecule is CC(C(F)(F)F)C(F)(F)C(F)(F)C(F)(F)C(F)(F)C(F)(F)C(F)F. The maximum Gasteiger partial charge on any atom is 0.397 e. The van der Waals surface area contributed by atoms with Gasteiger partial charge in [0.05, 0.1) is 0 Å². The Kier molecular flexibility index (Phi) is 5.49. The zero-order chi connectivity index (χ0) is 20.2. The highest BCUT2D eigenvalue weighted by molar-refractivity contribution is 5.10. The van der Waals surface area contributed by atoms with Gasteiger partial charge in [-0.3, -0.25) is 0 Å². The van der Waals surface area contributed by atoms with Crippen LogP contribution in [0, 0.1) is 5.92 Å². The van der Waals surface area contributed by atoms with Crippen LogP contribution in [0.2, 0.25) is 0 Å². The molecule has 0 bridgehead atoms. The number of halogens is 15. The number of alkyl halides is 15. The Balaban J connectivity index is 6.27. The predicted octanol–water partition coefficient (Wildman–Crippen LogP) is 5.63. The van der Waals surface area contributed by atoms with E-state index in [1.165, 1.54) is 0 Å². The van der Waals surface area contributed by atoms with E-state index in [-0.39, 0.29) is 0 Å². The van der Waals surface area contributed by atoms with E-state index in [1.807, 2.05) is 0 Å². The second-order valence-corrected chi connectivity index (χ2v) is 4.53. The summed E-state index contributed by atoms with van der Waals surface area (Å²) < 4.78 is 187. The van der Waals surface area contributed by atoms with Gasteiger partial charge in [-0.25, -0.2) is 8.78 Å². The van der Waals surface area contributed by atoms with Gasteiger partial charge in [-0.05, 0) is 6.92 Å². The van der Waals surface area contributed by atoms with E-state index in [2.05, 4.69) is 0 Å². The summed E-state index contributed by atoms with van der Waals surface area (Å²) in [4.78, 5) is 0. The van der Waals surface area contributed by atoms with Gasteiger partial charge in [-0.15, -0.1) is 0 Å². The molecule has 0 saturated heterocycles. The normalized spacial score (nSPS) is 17.4. The minimum absolute atomic E-state index is 0.812. The Morgan fingerprint density at radius 3 is 1.04 bits per heavy atom. The first-order valence-corrected chi connectivity index (χ1v) is 5.34. The molecule has 0 amide bonds. The van der Waals surface area contributed by atoms with Crippen LogP contribution in [0.25, 0.3) is 0 Å². The lowest BCUT2D eigenvalue weighted by atomic mass is 9.88. The van der Waals surface area contributed by atoms with E-state index in [0.717, 1.165) is 0 Å².